The number of thiocarbonyl (C=S) groups is 1. The van der Waals surface area contributed by atoms with E-state index in [4.69, 9.17) is 18.0 Å². The zero-order valence-electron chi connectivity index (χ0n) is 9.54. The minimum atomic E-state index is -3.84. The number of rotatable bonds is 5. The molecular formula is C10H12N2O4S2. The molecule has 1 aromatic rings. The molecule has 0 aliphatic carbocycles. The lowest BCUT2D eigenvalue weighted by Crippen LogP contribution is -2.25. The van der Waals surface area contributed by atoms with Crippen molar-refractivity contribution in [3.63, 3.8) is 0 Å². The first-order valence-electron chi connectivity index (χ1n) is 4.82. The van der Waals surface area contributed by atoms with E-state index in [0.29, 0.717) is 5.56 Å². The Morgan fingerprint density at radius 1 is 1.44 bits per heavy atom. The molecular weight excluding hydrogens is 276 g/mol. The van der Waals surface area contributed by atoms with E-state index in [2.05, 4.69) is 9.46 Å². The van der Waals surface area contributed by atoms with Crippen LogP contribution in [-0.4, -0.2) is 32.2 Å². The van der Waals surface area contributed by atoms with Gasteiger partial charge in [0.05, 0.1) is 12.8 Å². The summed E-state index contributed by atoms with van der Waals surface area (Å²) in [7, 11) is -2.73. The summed E-state index contributed by atoms with van der Waals surface area (Å²) in [5, 5.41) is 0. The molecule has 98 valence electrons. The second-order valence-corrected chi connectivity index (χ2v) is 5.51. The predicted molar refractivity (Wildman–Crippen MR) is 71.8 cm³/mol. The first kappa shape index (κ1) is 14.4. The van der Waals surface area contributed by atoms with Crippen LogP contribution in [0.25, 0.3) is 0 Å². The van der Waals surface area contributed by atoms with Crippen LogP contribution in [0.3, 0.4) is 0 Å². The number of sulfonamides is 1. The van der Waals surface area contributed by atoms with E-state index in [0.717, 1.165) is 7.11 Å². The zero-order chi connectivity index (χ0) is 13.8. The maximum absolute atomic E-state index is 11.6. The molecule has 0 heterocycles. The van der Waals surface area contributed by atoms with Gasteiger partial charge in [0.25, 0.3) is 0 Å². The van der Waals surface area contributed by atoms with Crippen molar-refractivity contribution in [1.29, 1.82) is 0 Å². The highest BCUT2D eigenvalue weighted by atomic mass is 32.2. The van der Waals surface area contributed by atoms with Crippen molar-refractivity contribution in [2.75, 3.05) is 17.6 Å². The van der Waals surface area contributed by atoms with Crippen molar-refractivity contribution in [3.8, 4) is 0 Å². The lowest BCUT2D eigenvalue weighted by atomic mass is 10.2. The summed E-state index contributed by atoms with van der Waals surface area (Å²) in [6.07, 6.45) is 0. The Kier molecular flexibility index (Phi) is 4.62. The SMILES string of the molecule is COC(=O)CS(=O)(=O)Nc1ccccc1C(N)=S. The van der Waals surface area contributed by atoms with Crippen LogP contribution in [0.1, 0.15) is 5.56 Å². The Hall–Kier alpha value is -1.67. The number of methoxy groups -OCH3 is 1. The maximum atomic E-state index is 11.6. The molecule has 0 bridgehead atoms. The molecule has 1 rings (SSSR count). The maximum Gasteiger partial charge on any atom is 0.322 e. The molecule has 0 radical (unpaired) electrons. The highest BCUT2D eigenvalue weighted by molar-refractivity contribution is 7.93. The fourth-order valence-corrected chi connectivity index (χ4v) is 2.40. The van der Waals surface area contributed by atoms with Crippen LogP contribution in [0, 0.1) is 0 Å². The van der Waals surface area contributed by atoms with Crippen molar-refractivity contribution >= 4 is 38.9 Å². The van der Waals surface area contributed by atoms with Gasteiger partial charge in [0.2, 0.25) is 10.0 Å². The molecule has 3 N–H and O–H groups in total. The summed E-state index contributed by atoms with van der Waals surface area (Å²) >= 11 is 4.80. The van der Waals surface area contributed by atoms with Gasteiger partial charge in [-0.1, -0.05) is 24.4 Å². The van der Waals surface area contributed by atoms with Crippen LogP contribution in [-0.2, 0) is 19.6 Å². The van der Waals surface area contributed by atoms with E-state index in [1.54, 1.807) is 18.2 Å². The molecule has 0 unspecified atom stereocenters. The molecule has 0 saturated heterocycles. The minimum absolute atomic E-state index is 0.0615. The molecule has 0 fully saturated rings. The van der Waals surface area contributed by atoms with Gasteiger partial charge in [0.1, 0.15) is 4.99 Å². The quantitative estimate of drug-likeness (QED) is 0.594. The third kappa shape index (κ3) is 3.97. The van der Waals surface area contributed by atoms with Crippen LogP contribution < -0.4 is 10.5 Å². The Morgan fingerprint density at radius 2 is 2.06 bits per heavy atom. The van der Waals surface area contributed by atoms with Gasteiger partial charge < -0.3 is 10.5 Å². The van der Waals surface area contributed by atoms with E-state index >= 15 is 0 Å². The number of para-hydroxylation sites is 1. The molecule has 1 aromatic carbocycles. The van der Waals surface area contributed by atoms with Gasteiger partial charge in [0.15, 0.2) is 5.75 Å². The average Bonchev–Trinajstić information content (AvgIpc) is 2.28. The van der Waals surface area contributed by atoms with Gasteiger partial charge in [-0.25, -0.2) is 8.42 Å². The topological polar surface area (TPSA) is 98.5 Å². The number of carbonyl (C=O) groups is 1. The predicted octanol–water partition coefficient (Wildman–Crippen LogP) is 0.235. The van der Waals surface area contributed by atoms with E-state index in [1.165, 1.54) is 6.07 Å². The Labute approximate surface area is 110 Å². The van der Waals surface area contributed by atoms with Crippen molar-refractivity contribution in [3.05, 3.63) is 29.8 Å². The number of hydrogen-bond donors (Lipinski definition) is 2. The standard InChI is InChI=1S/C10H12N2O4S2/c1-16-9(13)6-18(14,15)12-8-5-3-2-4-7(8)10(11)17/h2-5,12H,6H2,1H3,(H2,11,17). The highest BCUT2D eigenvalue weighted by Crippen LogP contribution is 2.16. The van der Waals surface area contributed by atoms with Gasteiger partial charge in [-0.05, 0) is 12.1 Å². The van der Waals surface area contributed by atoms with Gasteiger partial charge in [-0.2, -0.15) is 0 Å². The lowest BCUT2D eigenvalue weighted by molar-refractivity contribution is -0.137. The minimum Gasteiger partial charge on any atom is -0.468 e. The van der Waals surface area contributed by atoms with Gasteiger partial charge in [0, 0.05) is 5.56 Å². The van der Waals surface area contributed by atoms with E-state index in [9.17, 15) is 13.2 Å². The second kappa shape index (κ2) is 5.78. The number of ether oxygens (including phenoxy) is 1. The van der Waals surface area contributed by atoms with Crippen LogP contribution in [0.2, 0.25) is 0 Å². The van der Waals surface area contributed by atoms with E-state index < -0.39 is 21.7 Å². The fourth-order valence-electron chi connectivity index (χ4n) is 1.20. The number of carbonyl (C=O) groups excluding carboxylic acids is 1. The zero-order valence-corrected chi connectivity index (χ0v) is 11.2. The van der Waals surface area contributed by atoms with Crippen LogP contribution in [0.4, 0.5) is 5.69 Å². The molecule has 0 aliphatic heterocycles. The van der Waals surface area contributed by atoms with Crippen molar-refractivity contribution in [1.82, 2.24) is 0 Å². The normalized spacial score (nSPS) is 10.7. The monoisotopic (exact) mass is 288 g/mol. The first-order chi connectivity index (χ1) is 8.35. The summed E-state index contributed by atoms with van der Waals surface area (Å²) in [6, 6.07) is 6.38. The first-order valence-corrected chi connectivity index (χ1v) is 6.88. The number of esters is 1. The molecule has 0 saturated carbocycles. The smallest absolute Gasteiger partial charge is 0.322 e. The van der Waals surface area contributed by atoms with Crippen molar-refractivity contribution < 1.29 is 17.9 Å². The van der Waals surface area contributed by atoms with E-state index in [-0.39, 0.29) is 10.7 Å². The largest absolute Gasteiger partial charge is 0.468 e. The molecule has 0 amide bonds. The number of nitrogens with one attached hydrogen (secondary N) is 1. The van der Waals surface area contributed by atoms with Crippen molar-refractivity contribution in [2.45, 2.75) is 0 Å². The third-order valence-corrected chi connectivity index (χ3v) is 3.36. The van der Waals surface area contributed by atoms with Crippen LogP contribution in [0.5, 0.6) is 0 Å². The van der Waals surface area contributed by atoms with Crippen LogP contribution in [0.15, 0.2) is 24.3 Å². The molecule has 0 aromatic heterocycles. The molecule has 6 nitrogen and oxygen atoms in total. The number of benzene rings is 1. The van der Waals surface area contributed by atoms with Gasteiger partial charge >= 0.3 is 5.97 Å². The number of anilines is 1. The third-order valence-electron chi connectivity index (χ3n) is 1.99. The Bertz CT molecular complexity index is 569. The number of hydrogen-bond acceptors (Lipinski definition) is 5. The van der Waals surface area contributed by atoms with Gasteiger partial charge in [-0.3, -0.25) is 9.52 Å². The summed E-state index contributed by atoms with van der Waals surface area (Å²) in [6.45, 7) is 0. The summed E-state index contributed by atoms with van der Waals surface area (Å²) in [5.74, 6) is -1.62. The molecule has 0 spiro atoms. The summed E-state index contributed by atoms with van der Waals surface area (Å²) in [5.41, 5.74) is 6.09. The van der Waals surface area contributed by atoms with Crippen molar-refractivity contribution in [2.24, 2.45) is 5.73 Å². The Morgan fingerprint density at radius 3 is 2.61 bits per heavy atom. The highest BCUT2D eigenvalue weighted by Gasteiger charge is 2.18. The molecule has 0 atom stereocenters. The summed E-state index contributed by atoms with van der Waals surface area (Å²) in [4.78, 5) is 11.0. The lowest BCUT2D eigenvalue weighted by Gasteiger charge is -2.10. The molecule has 8 heteroatoms. The fraction of sp³-hybridized carbons (Fsp3) is 0.200. The van der Waals surface area contributed by atoms with Gasteiger partial charge in [-0.15, -0.1) is 0 Å². The Balaban J connectivity index is 2.98. The van der Waals surface area contributed by atoms with Crippen LogP contribution >= 0.6 is 12.2 Å². The molecule has 18 heavy (non-hydrogen) atoms. The summed E-state index contributed by atoms with van der Waals surface area (Å²) < 4.78 is 29.8. The molecule has 0 aliphatic rings. The second-order valence-electron chi connectivity index (χ2n) is 3.35. The average molecular weight is 288 g/mol. The number of nitrogens with two attached hydrogens (primary N) is 1. The van der Waals surface area contributed by atoms with E-state index in [1.807, 2.05) is 0 Å².